The van der Waals surface area contributed by atoms with Crippen LogP contribution < -0.4 is 0 Å². The first kappa shape index (κ1) is 17.3. The van der Waals surface area contributed by atoms with Crippen LogP contribution in [0.25, 0.3) is 0 Å². The molecule has 0 amide bonds. The van der Waals surface area contributed by atoms with E-state index >= 15 is 0 Å². The van der Waals surface area contributed by atoms with Crippen LogP contribution in [0.3, 0.4) is 0 Å². The largest absolute Gasteiger partial charge is 0.393 e. The maximum absolute atomic E-state index is 10.5. The lowest BCUT2D eigenvalue weighted by Crippen LogP contribution is -2.54. The molecule has 0 heterocycles. The molecular formula is C22H38O2. The predicted molar refractivity (Wildman–Crippen MR) is 97.5 cm³/mol. The Balaban J connectivity index is 1.63. The summed E-state index contributed by atoms with van der Waals surface area (Å²) in [4.78, 5) is 0. The topological polar surface area (TPSA) is 40.5 Å². The van der Waals surface area contributed by atoms with Gasteiger partial charge in [-0.05, 0) is 105 Å². The van der Waals surface area contributed by atoms with Gasteiger partial charge in [-0.25, -0.2) is 0 Å². The summed E-state index contributed by atoms with van der Waals surface area (Å²) >= 11 is 0. The third-order valence-electron chi connectivity index (χ3n) is 9.60. The average Bonchev–Trinajstić information content (AvgIpc) is 2.78. The third kappa shape index (κ3) is 2.28. The molecule has 2 heteroatoms. The number of aliphatic hydroxyl groups excluding tert-OH is 2. The van der Waals surface area contributed by atoms with Crippen LogP contribution in [-0.2, 0) is 0 Å². The van der Waals surface area contributed by atoms with Crippen molar-refractivity contribution >= 4 is 0 Å². The molecule has 0 radical (unpaired) electrons. The Kier molecular flexibility index (Phi) is 4.12. The summed E-state index contributed by atoms with van der Waals surface area (Å²) in [6, 6.07) is 0. The highest BCUT2D eigenvalue weighted by Crippen LogP contribution is 2.68. The minimum Gasteiger partial charge on any atom is -0.393 e. The Hall–Kier alpha value is -0.0800. The summed E-state index contributed by atoms with van der Waals surface area (Å²) in [6.07, 6.45) is 9.80. The van der Waals surface area contributed by atoms with Crippen molar-refractivity contribution in [3.8, 4) is 0 Å². The predicted octanol–water partition coefficient (Wildman–Crippen LogP) is 4.63. The second-order valence-corrected chi connectivity index (χ2v) is 10.6. The summed E-state index contributed by atoms with van der Waals surface area (Å²) in [5.41, 5.74) is 0.821. The van der Waals surface area contributed by atoms with Crippen molar-refractivity contribution in [2.24, 2.45) is 46.3 Å². The van der Waals surface area contributed by atoms with Gasteiger partial charge in [0, 0.05) is 0 Å². The summed E-state index contributed by atoms with van der Waals surface area (Å²) in [7, 11) is 0. The van der Waals surface area contributed by atoms with Crippen LogP contribution in [0.5, 0.6) is 0 Å². The lowest BCUT2D eigenvalue weighted by atomic mass is 9.44. The van der Waals surface area contributed by atoms with Gasteiger partial charge in [-0.1, -0.05) is 20.8 Å². The van der Waals surface area contributed by atoms with Gasteiger partial charge < -0.3 is 10.2 Å². The summed E-state index contributed by atoms with van der Waals surface area (Å²) in [5, 5.41) is 20.6. The third-order valence-corrected chi connectivity index (χ3v) is 9.60. The quantitative estimate of drug-likeness (QED) is 0.734. The van der Waals surface area contributed by atoms with E-state index in [1.54, 1.807) is 0 Å². The van der Waals surface area contributed by atoms with Crippen LogP contribution in [0.2, 0.25) is 0 Å². The average molecular weight is 335 g/mol. The Morgan fingerprint density at radius 1 is 0.917 bits per heavy atom. The molecule has 4 aliphatic carbocycles. The number of aliphatic hydroxyl groups is 2. The van der Waals surface area contributed by atoms with Crippen LogP contribution >= 0.6 is 0 Å². The first-order chi connectivity index (χ1) is 11.3. The molecule has 0 saturated heterocycles. The van der Waals surface area contributed by atoms with Gasteiger partial charge >= 0.3 is 0 Å². The van der Waals surface area contributed by atoms with Gasteiger partial charge in [0.15, 0.2) is 0 Å². The van der Waals surface area contributed by atoms with E-state index in [4.69, 9.17) is 0 Å². The molecule has 2 N–H and O–H groups in total. The highest BCUT2D eigenvalue weighted by atomic mass is 16.3. The number of fused-ring (bicyclic) bond motifs is 5. The van der Waals surface area contributed by atoms with Crippen molar-refractivity contribution in [3.63, 3.8) is 0 Å². The second-order valence-electron chi connectivity index (χ2n) is 10.6. The SMILES string of the molecule is CC(O)[C@H]1[C@H](C)C[C@H]2[C@@H]3CC[C@H]4C[C@@H](O)CC[C@]4(C)[C@H]3CC[C@@]21C. The number of rotatable bonds is 1. The summed E-state index contributed by atoms with van der Waals surface area (Å²) in [6.45, 7) is 9.49. The smallest absolute Gasteiger partial charge is 0.0548 e. The van der Waals surface area contributed by atoms with Crippen molar-refractivity contribution in [2.75, 3.05) is 0 Å². The van der Waals surface area contributed by atoms with E-state index < -0.39 is 0 Å². The zero-order valence-corrected chi connectivity index (χ0v) is 16.2. The van der Waals surface area contributed by atoms with Crippen molar-refractivity contribution in [2.45, 2.75) is 91.3 Å². The van der Waals surface area contributed by atoms with Crippen LogP contribution in [0, 0.1) is 46.3 Å². The molecule has 0 aromatic rings. The molecule has 4 aliphatic rings. The molecule has 0 aromatic carbocycles. The van der Waals surface area contributed by atoms with Crippen LogP contribution in [0.15, 0.2) is 0 Å². The van der Waals surface area contributed by atoms with E-state index in [0.29, 0.717) is 22.7 Å². The van der Waals surface area contributed by atoms with Gasteiger partial charge in [0.1, 0.15) is 0 Å². The fourth-order valence-corrected chi connectivity index (χ4v) is 8.66. The minimum absolute atomic E-state index is 0.0420. The second kappa shape index (κ2) is 5.71. The zero-order chi connectivity index (χ0) is 17.3. The molecule has 2 nitrogen and oxygen atoms in total. The van der Waals surface area contributed by atoms with Crippen LogP contribution in [-0.4, -0.2) is 22.4 Å². The Labute approximate surface area is 148 Å². The van der Waals surface area contributed by atoms with Crippen LogP contribution in [0.4, 0.5) is 0 Å². The molecular weight excluding hydrogens is 296 g/mol. The van der Waals surface area contributed by atoms with Crippen molar-refractivity contribution < 1.29 is 10.2 Å². The maximum Gasteiger partial charge on any atom is 0.0548 e. The van der Waals surface area contributed by atoms with E-state index in [-0.39, 0.29) is 12.2 Å². The van der Waals surface area contributed by atoms with Gasteiger partial charge in [0.2, 0.25) is 0 Å². The molecule has 138 valence electrons. The lowest BCUT2D eigenvalue weighted by molar-refractivity contribution is -0.132. The molecule has 10 atom stereocenters. The molecule has 0 spiro atoms. The molecule has 1 unspecified atom stereocenters. The molecule has 4 fully saturated rings. The van der Waals surface area contributed by atoms with Gasteiger partial charge in [0.25, 0.3) is 0 Å². The molecule has 4 rings (SSSR count). The van der Waals surface area contributed by atoms with Gasteiger partial charge in [-0.3, -0.25) is 0 Å². The number of hydrogen-bond donors (Lipinski definition) is 2. The monoisotopic (exact) mass is 334 g/mol. The first-order valence-electron chi connectivity index (χ1n) is 10.6. The summed E-state index contributed by atoms with van der Waals surface area (Å²) < 4.78 is 0. The van der Waals surface area contributed by atoms with Crippen LogP contribution in [0.1, 0.15) is 79.1 Å². The Bertz CT molecular complexity index is 488. The van der Waals surface area contributed by atoms with E-state index in [0.717, 1.165) is 36.5 Å². The Morgan fingerprint density at radius 2 is 1.62 bits per heavy atom. The van der Waals surface area contributed by atoms with E-state index in [2.05, 4.69) is 20.8 Å². The fraction of sp³-hybridized carbons (Fsp3) is 1.00. The maximum atomic E-state index is 10.5. The molecule has 0 aromatic heterocycles. The van der Waals surface area contributed by atoms with Gasteiger partial charge in [-0.2, -0.15) is 0 Å². The van der Waals surface area contributed by atoms with Crippen molar-refractivity contribution in [1.82, 2.24) is 0 Å². The fourth-order valence-electron chi connectivity index (χ4n) is 8.66. The van der Waals surface area contributed by atoms with E-state index in [1.807, 2.05) is 6.92 Å². The molecule has 24 heavy (non-hydrogen) atoms. The molecule has 0 bridgehead atoms. The molecule has 4 saturated carbocycles. The normalized spacial score (nSPS) is 58.5. The van der Waals surface area contributed by atoms with Gasteiger partial charge in [0.05, 0.1) is 12.2 Å². The van der Waals surface area contributed by atoms with Crippen molar-refractivity contribution in [3.05, 3.63) is 0 Å². The minimum atomic E-state index is -0.164. The summed E-state index contributed by atoms with van der Waals surface area (Å²) in [5.74, 6) is 4.45. The number of hydrogen-bond acceptors (Lipinski definition) is 2. The lowest BCUT2D eigenvalue weighted by Gasteiger charge is -2.61. The highest BCUT2D eigenvalue weighted by Gasteiger charge is 2.62. The zero-order valence-electron chi connectivity index (χ0n) is 16.2. The van der Waals surface area contributed by atoms with E-state index in [9.17, 15) is 10.2 Å². The van der Waals surface area contributed by atoms with Crippen molar-refractivity contribution in [1.29, 1.82) is 0 Å². The highest BCUT2D eigenvalue weighted by molar-refractivity contribution is 5.11. The van der Waals surface area contributed by atoms with E-state index in [1.165, 1.54) is 38.5 Å². The standard InChI is InChI=1S/C22H38O2/c1-13-11-19-17-6-5-15-12-16(24)7-9-21(15,3)18(17)8-10-22(19,4)20(13)14(2)23/h13-20,23-24H,5-12H2,1-4H3/t13-,14?,15+,16+,17-,18+,19+,20-,21+,22+/m1/s1. The Morgan fingerprint density at radius 3 is 2.33 bits per heavy atom. The first-order valence-corrected chi connectivity index (χ1v) is 10.6. The van der Waals surface area contributed by atoms with Gasteiger partial charge in [-0.15, -0.1) is 0 Å². The molecule has 0 aliphatic heterocycles.